The average molecular weight is 274 g/mol. The predicted molar refractivity (Wildman–Crippen MR) is 65.0 cm³/mol. The van der Waals surface area contributed by atoms with Crippen molar-refractivity contribution in [3.05, 3.63) is 34.6 Å². The van der Waals surface area contributed by atoms with Crippen molar-refractivity contribution in [3.8, 4) is 0 Å². The van der Waals surface area contributed by atoms with Crippen LogP contribution in [0, 0.1) is 5.82 Å². The second-order valence-corrected chi connectivity index (χ2v) is 4.28. The van der Waals surface area contributed by atoms with Gasteiger partial charge in [0.2, 0.25) is 5.91 Å². The summed E-state index contributed by atoms with van der Waals surface area (Å²) in [6.45, 7) is 0.132. The number of benzene rings is 1. The van der Waals surface area contributed by atoms with E-state index < -0.39 is 11.8 Å². The molecule has 1 aromatic carbocycles. The van der Waals surface area contributed by atoms with Crippen molar-refractivity contribution >= 4 is 23.5 Å². The van der Waals surface area contributed by atoms with Gasteiger partial charge < -0.3 is 10.0 Å². The highest BCUT2D eigenvalue weighted by atomic mass is 35.5. The van der Waals surface area contributed by atoms with Gasteiger partial charge in [-0.25, -0.2) is 4.39 Å². The molecule has 0 saturated heterocycles. The lowest BCUT2D eigenvalue weighted by Gasteiger charge is -2.16. The highest BCUT2D eigenvalue weighted by molar-refractivity contribution is 6.31. The normalized spacial score (nSPS) is 10.2. The highest BCUT2D eigenvalue weighted by Crippen LogP contribution is 2.18. The molecule has 6 heteroatoms. The summed E-state index contributed by atoms with van der Waals surface area (Å²) in [6.07, 6.45) is -0.0887. The second-order valence-electron chi connectivity index (χ2n) is 3.87. The SMILES string of the molecule is CN(CCC(=O)O)C(=O)Cc1ccc(F)cc1Cl. The van der Waals surface area contributed by atoms with E-state index in [0.717, 1.165) is 6.07 Å². The summed E-state index contributed by atoms with van der Waals surface area (Å²) in [4.78, 5) is 23.4. The molecular weight excluding hydrogens is 261 g/mol. The van der Waals surface area contributed by atoms with E-state index in [1.807, 2.05) is 0 Å². The number of hydrogen-bond donors (Lipinski definition) is 1. The van der Waals surface area contributed by atoms with E-state index in [9.17, 15) is 14.0 Å². The van der Waals surface area contributed by atoms with E-state index >= 15 is 0 Å². The minimum Gasteiger partial charge on any atom is -0.481 e. The van der Waals surface area contributed by atoms with E-state index in [4.69, 9.17) is 16.7 Å². The van der Waals surface area contributed by atoms with Crippen LogP contribution in [0.3, 0.4) is 0 Å². The van der Waals surface area contributed by atoms with Gasteiger partial charge in [-0.1, -0.05) is 17.7 Å². The van der Waals surface area contributed by atoms with Gasteiger partial charge in [0.25, 0.3) is 0 Å². The Kier molecular flexibility index (Phi) is 5.09. The van der Waals surface area contributed by atoms with Crippen LogP contribution in [0.5, 0.6) is 0 Å². The summed E-state index contributed by atoms with van der Waals surface area (Å²) in [5.74, 6) is -1.69. The third kappa shape index (κ3) is 4.33. The molecule has 0 aliphatic rings. The van der Waals surface area contributed by atoms with E-state index in [1.54, 1.807) is 0 Å². The van der Waals surface area contributed by atoms with Crippen molar-refractivity contribution in [1.82, 2.24) is 4.90 Å². The van der Waals surface area contributed by atoms with E-state index in [1.165, 1.54) is 24.1 Å². The fourth-order valence-corrected chi connectivity index (χ4v) is 1.59. The molecule has 18 heavy (non-hydrogen) atoms. The first kappa shape index (κ1) is 14.4. The van der Waals surface area contributed by atoms with Crippen LogP contribution in [0.25, 0.3) is 0 Å². The summed E-state index contributed by atoms with van der Waals surface area (Å²) in [5, 5.41) is 8.70. The zero-order chi connectivity index (χ0) is 13.7. The zero-order valence-electron chi connectivity index (χ0n) is 9.82. The summed E-state index contributed by atoms with van der Waals surface area (Å²) in [5.41, 5.74) is 0.519. The Balaban J connectivity index is 2.61. The molecule has 0 aliphatic carbocycles. The Morgan fingerprint density at radius 2 is 2.11 bits per heavy atom. The van der Waals surface area contributed by atoms with Gasteiger partial charge in [-0.2, -0.15) is 0 Å². The van der Waals surface area contributed by atoms with Gasteiger partial charge >= 0.3 is 5.97 Å². The van der Waals surface area contributed by atoms with Crippen molar-refractivity contribution in [3.63, 3.8) is 0 Å². The van der Waals surface area contributed by atoms with Crippen molar-refractivity contribution in [2.45, 2.75) is 12.8 Å². The first-order valence-electron chi connectivity index (χ1n) is 5.30. The quantitative estimate of drug-likeness (QED) is 0.892. The van der Waals surface area contributed by atoms with Crippen LogP contribution >= 0.6 is 11.6 Å². The highest BCUT2D eigenvalue weighted by Gasteiger charge is 2.13. The van der Waals surface area contributed by atoms with Crippen molar-refractivity contribution in [2.24, 2.45) is 0 Å². The average Bonchev–Trinajstić information content (AvgIpc) is 2.29. The topological polar surface area (TPSA) is 57.6 Å². The van der Waals surface area contributed by atoms with Crippen LogP contribution in [0.1, 0.15) is 12.0 Å². The van der Waals surface area contributed by atoms with Gasteiger partial charge in [-0.3, -0.25) is 9.59 Å². The molecule has 98 valence electrons. The molecule has 0 unspecified atom stereocenters. The number of carbonyl (C=O) groups is 2. The van der Waals surface area contributed by atoms with Gasteiger partial charge in [0.1, 0.15) is 5.82 Å². The molecule has 0 heterocycles. The minimum absolute atomic E-state index is 0.0230. The maximum Gasteiger partial charge on any atom is 0.305 e. The molecule has 0 spiro atoms. The number of hydrogen-bond acceptors (Lipinski definition) is 2. The minimum atomic E-state index is -0.963. The molecule has 1 rings (SSSR count). The van der Waals surface area contributed by atoms with Crippen LogP contribution < -0.4 is 0 Å². The standard InChI is InChI=1S/C12H13ClFNO3/c1-15(5-4-12(17)18)11(16)6-8-2-3-9(14)7-10(8)13/h2-3,7H,4-6H2,1H3,(H,17,18). The van der Waals surface area contributed by atoms with Gasteiger partial charge in [0, 0.05) is 18.6 Å². The molecule has 0 saturated carbocycles. The predicted octanol–water partition coefficient (Wildman–Crippen LogP) is 1.95. The molecule has 0 atom stereocenters. The number of carbonyl (C=O) groups excluding carboxylic acids is 1. The second kappa shape index (κ2) is 6.35. The summed E-state index contributed by atoms with van der Waals surface area (Å²) in [7, 11) is 1.52. The maximum absolute atomic E-state index is 12.8. The summed E-state index contributed by atoms with van der Waals surface area (Å²) >= 11 is 5.80. The Labute approximate surface area is 109 Å². The summed E-state index contributed by atoms with van der Waals surface area (Å²) in [6, 6.07) is 3.81. The largest absolute Gasteiger partial charge is 0.481 e. The van der Waals surface area contributed by atoms with Gasteiger partial charge in [-0.15, -0.1) is 0 Å². The molecule has 0 aromatic heterocycles. The number of rotatable bonds is 5. The zero-order valence-corrected chi connectivity index (χ0v) is 10.6. The molecule has 4 nitrogen and oxygen atoms in total. The number of carboxylic acid groups (broad SMARTS) is 1. The smallest absolute Gasteiger partial charge is 0.305 e. The van der Waals surface area contributed by atoms with Crippen LogP contribution in [-0.2, 0) is 16.0 Å². The van der Waals surface area contributed by atoms with Crippen molar-refractivity contribution < 1.29 is 19.1 Å². The first-order valence-corrected chi connectivity index (χ1v) is 5.67. The third-order valence-electron chi connectivity index (χ3n) is 2.44. The van der Waals surface area contributed by atoms with Gasteiger partial charge in [0.15, 0.2) is 0 Å². The van der Waals surface area contributed by atoms with E-state index in [0.29, 0.717) is 5.56 Å². The number of aliphatic carboxylic acids is 1. The third-order valence-corrected chi connectivity index (χ3v) is 2.80. The van der Waals surface area contributed by atoms with Crippen LogP contribution in [-0.4, -0.2) is 35.5 Å². The monoisotopic (exact) mass is 273 g/mol. The maximum atomic E-state index is 12.8. The lowest BCUT2D eigenvalue weighted by atomic mass is 10.1. The van der Waals surface area contributed by atoms with Gasteiger partial charge in [-0.05, 0) is 17.7 Å². The number of nitrogens with zero attached hydrogens (tertiary/aromatic N) is 1. The molecule has 0 bridgehead atoms. The van der Waals surface area contributed by atoms with Crippen LogP contribution in [0.4, 0.5) is 4.39 Å². The Morgan fingerprint density at radius 1 is 1.44 bits per heavy atom. The van der Waals surface area contributed by atoms with Gasteiger partial charge in [0.05, 0.1) is 12.8 Å². The Bertz CT molecular complexity index is 465. The fraction of sp³-hybridized carbons (Fsp3) is 0.333. The van der Waals surface area contributed by atoms with Crippen LogP contribution in [0.15, 0.2) is 18.2 Å². The Morgan fingerprint density at radius 3 is 2.67 bits per heavy atom. The molecule has 1 N–H and O–H groups in total. The molecule has 1 amide bonds. The molecule has 0 fully saturated rings. The van der Waals surface area contributed by atoms with E-state index in [2.05, 4.69) is 0 Å². The lowest BCUT2D eigenvalue weighted by molar-refractivity contribution is -0.138. The van der Waals surface area contributed by atoms with Crippen molar-refractivity contribution in [1.29, 1.82) is 0 Å². The molecule has 0 aliphatic heterocycles. The molecular formula is C12H13ClFNO3. The number of halogens is 2. The number of carboxylic acids is 1. The first-order chi connectivity index (χ1) is 8.40. The number of amides is 1. The summed E-state index contributed by atoms with van der Waals surface area (Å²) < 4.78 is 12.8. The lowest BCUT2D eigenvalue weighted by Crippen LogP contribution is -2.30. The van der Waals surface area contributed by atoms with Crippen LogP contribution in [0.2, 0.25) is 5.02 Å². The Hall–Kier alpha value is -1.62. The molecule has 1 aromatic rings. The van der Waals surface area contributed by atoms with E-state index in [-0.39, 0.29) is 30.3 Å². The fourth-order valence-electron chi connectivity index (χ4n) is 1.35. The van der Waals surface area contributed by atoms with Crippen molar-refractivity contribution in [2.75, 3.05) is 13.6 Å². The molecule has 0 radical (unpaired) electrons. The number of likely N-dealkylation sites (N-methyl/N-ethyl adjacent to an activating group) is 1.